The summed E-state index contributed by atoms with van der Waals surface area (Å²) in [4.78, 5) is 25.9. The van der Waals surface area contributed by atoms with E-state index in [1.807, 2.05) is 0 Å². The van der Waals surface area contributed by atoms with Crippen molar-refractivity contribution < 1.29 is 18.4 Å². The predicted molar refractivity (Wildman–Crippen MR) is 90.4 cm³/mol. The first-order valence-electron chi connectivity index (χ1n) is 7.75. The van der Waals surface area contributed by atoms with E-state index in [-0.39, 0.29) is 24.2 Å². The highest BCUT2D eigenvalue weighted by Crippen LogP contribution is 2.19. The summed E-state index contributed by atoms with van der Waals surface area (Å²) in [6, 6.07) is 9.35. The number of rotatable bonds is 5. The van der Waals surface area contributed by atoms with Crippen LogP contribution in [0.1, 0.15) is 16.1 Å². The number of carbonyl (C=O) groups excluding carboxylic acids is 2. The normalized spacial score (nSPS) is 10.8. The average Bonchev–Trinajstić information content (AvgIpc) is 3.17. The first-order valence-corrected chi connectivity index (χ1v) is 7.75. The van der Waals surface area contributed by atoms with E-state index in [1.165, 1.54) is 17.0 Å². The fraction of sp³-hybridized carbons (Fsp3) is 0.222. The van der Waals surface area contributed by atoms with Crippen LogP contribution in [0.4, 0.5) is 4.39 Å². The van der Waals surface area contributed by atoms with Gasteiger partial charge in [0.05, 0.1) is 18.3 Å². The van der Waals surface area contributed by atoms with Gasteiger partial charge in [0.2, 0.25) is 5.91 Å². The van der Waals surface area contributed by atoms with Crippen molar-refractivity contribution in [3.8, 4) is 0 Å². The molecular weight excluding hydrogens is 325 g/mol. The van der Waals surface area contributed by atoms with Crippen LogP contribution in [0.15, 0.2) is 47.1 Å². The van der Waals surface area contributed by atoms with Gasteiger partial charge in [0.1, 0.15) is 11.5 Å². The zero-order valence-corrected chi connectivity index (χ0v) is 14.0. The minimum atomic E-state index is -0.350. The number of nitrogens with zero attached hydrogens (tertiary/aromatic N) is 2. The molecule has 6 nitrogen and oxygen atoms in total. The van der Waals surface area contributed by atoms with E-state index in [0.29, 0.717) is 17.8 Å². The Morgan fingerprint density at radius 1 is 1.24 bits per heavy atom. The van der Waals surface area contributed by atoms with E-state index in [2.05, 4.69) is 5.32 Å². The van der Waals surface area contributed by atoms with Gasteiger partial charge in [-0.05, 0) is 17.7 Å². The van der Waals surface area contributed by atoms with E-state index >= 15 is 0 Å². The number of furan rings is 1. The van der Waals surface area contributed by atoms with Gasteiger partial charge >= 0.3 is 0 Å². The Hall–Kier alpha value is -3.09. The number of carbonyl (C=O) groups is 2. The molecule has 0 bridgehead atoms. The number of hydrogen-bond donors (Lipinski definition) is 1. The molecule has 0 saturated heterocycles. The highest BCUT2D eigenvalue weighted by atomic mass is 19.1. The Morgan fingerprint density at radius 3 is 2.64 bits per heavy atom. The molecule has 0 spiro atoms. The van der Waals surface area contributed by atoms with Crippen molar-refractivity contribution in [3.63, 3.8) is 0 Å². The summed E-state index contributed by atoms with van der Waals surface area (Å²) in [5.41, 5.74) is 2.66. The number of aryl methyl sites for hydroxylation is 1. The smallest absolute Gasteiger partial charge is 0.268 e. The Labute approximate surface area is 143 Å². The van der Waals surface area contributed by atoms with Crippen molar-refractivity contribution in [2.75, 3.05) is 13.6 Å². The maximum Gasteiger partial charge on any atom is 0.268 e. The van der Waals surface area contributed by atoms with Crippen LogP contribution in [0.2, 0.25) is 0 Å². The number of amides is 2. The van der Waals surface area contributed by atoms with Crippen molar-refractivity contribution in [1.29, 1.82) is 0 Å². The van der Waals surface area contributed by atoms with Crippen LogP contribution in [0.5, 0.6) is 0 Å². The van der Waals surface area contributed by atoms with Gasteiger partial charge in [-0.25, -0.2) is 4.39 Å². The van der Waals surface area contributed by atoms with E-state index in [0.717, 1.165) is 11.1 Å². The molecule has 130 valence electrons. The molecule has 2 amide bonds. The molecule has 1 N–H and O–H groups in total. The van der Waals surface area contributed by atoms with Gasteiger partial charge in [-0.2, -0.15) is 0 Å². The van der Waals surface area contributed by atoms with Gasteiger partial charge in [-0.1, -0.05) is 12.1 Å². The second-order valence-electron chi connectivity index (χ2n) is 5.82. The molecule has 7 heteroatoms. The zero-order valence-electron chi connectivity index (χ0n) is 14.0. The summed E-state index contributed by atoms with van der Waals surface area (Å²) in [5.74, 6) is -0.911. The van der Waals surface area contributed by atoms with E-state index in [1.54, 1.807) is 49.2 Å². The lowest BCUT2D eigenvalue weighted by molar-refractivity contribution is -0.129. The third-order valence-electron chi connectivity index (χ3n) is 4.06. The predicted octanol–water partition coefficient (Wildman–Crippen LogP) is 2.30. The number of nitrogens with one attached hydrogen (secondary N) is 1. The Kier molecular flexibility index (Phi) is 4.56. The van der Waals surface area contributed by atoms with Gasteiger partial charge in [0, 0.05) is 32.8 Å². The van der Waals surface area contributed by atoms with Crippen molar-refractivity contribution in [1.82, 2.24) is 14.8 Å². The van der Waals surface area contributed by atoms with Gasteiger partial charge in [0.15, 0.2) is 5.58 Å². The lowest BCUT2D eigenvalue weighted by Crippen LogP contribution is -2.38. The van der Waals surface area contributed by atoms with Gasteiger partial charge in [-0.15, -0.1) is 0 Å². The second-order valence-corrected chi connectivity index (χ2v) is 5.82. The molecular formula is C18H18FN3O3. The summed E-state index contributed by atoms with van der Waals surface area (Å²) in [5, 5.41) is 2.61. The molecule has 0 saturated carbocycles. The summed E-state index contributed by atoms with van der Waals surface area (Å²) in [6.07, 6.45) is 1.56. The molecule has 0 unspecified atom stereocenters. The SMILES string of the molecule is CN(Cc1ccc(F)cc1)C(=O)CNC(=O)c1cc2occc2n1C. The minimum absolute atomic E-state index is 0.122. The van der Waals surface area contributed by atoms with Crippen LogP contribution in [0, 0.1) is 5.82 Å². The van der Waals surface area contributed by atoms with Gasteiger partial charge in [0.25, 0.3) is 5.91 Å². The van der Waals surface area contributed by atoms with Crippen LogP contribution < -0.4 is 5.32 Å². The second kappa shape index (κ2) is 6.80. The zero-order chi connectivity index (χ0) is 18.0. The number of benzene rings is 1. The summed E-state index contributed by atoms with van der Waals surface area (Å²) < 4.78 is 19.9. The molecule has 0 fully saturated rings. The fourth-order valence-corrected chi connectivity index (χ4v) is 2.60. The summed E-state index contributed by atoms with van der Waals surface area (Å²) in [6.45, 7) is 0.217. The summed E-state index contributed by atoms with van der Waals surface area (Å²) >= 11 is 0. The molecule has 0 aliphatic carbocycles. The first-order chi connectivity index (χ1) is 12.0. The van der Waals surface area contributed by atoms with E-state index in [4.69, 9.17) is 4.42 Å². The quantitative estimate of drug-likeness (QED) is 0.773. The minimum Gasteiger partial charge on any atom is -0.463 e. The monoisotopic (exact) mass is 343 g/mol. The number of hydrogen-bond acceptors (Lipinski definition) is 3. The number of fused-ring (bicyclic) bond motifs is 1. The Balaban J connectivity index is 1.57. The molecule has 0 aliphatic rings. The van der Waals surface area contributed by atoms with Crippen molar-refractivity contribution >= 4 is 22.9 Å². The number of aromatic nitrogens is 1. The molecule has 3 rings (SSSR count). The molecule has 2 aromatic heterocycles. The lowest BCUT2D eigenvalue weighted by atomic mass is 10.2. The molecule has 25 heavy (non-hydrogen) atoms. The van der Waals surface area contributed by atoms with Crippen molar-refractivity contribution in [2.24, 2.45) is 7.05 Å². The lowest BCUT2D eigenvalue weighted by Gasteiger charge is -2.17. The maximum atomic E-state index is 12.9. The molecule has 1 aromatic carbocycles. The number of likely N-dealkylation sites (N-methyl/N-ethyl adjacent to an activating group) is 1. The van der Waals surface area contributed by atoms with Crippen molar-refractivity contribution in [2.45, 2.75) is 6.54 Å². The van der Waals surface area contributed by atoms with E-state index < -0.39 is 0 Å². The Morgan fingerprint density at radius 2 is 1.96 bits per heavy atom. The highest BCUT2D eigenvalue weighted by Gasteiger charge is 2.17. The van der Waals surface area contributed by atoms with Crippen molar-refractivity contribution in [3.05, 3.63) is 59.7 Å². The van der Waals surface area contributed by atoms with Crippen LogP contribution in [-0.2, 0) is 18.4 Å². The third-order valence-corrected chi connectivity index (χ3v) is 4.06. The van der Waals surface area contributed by atoms with Crippen LogP contribution >= 0.6 is 0 Å². The molecule has 0 aliphatic heterocycles. The molecule has 0 radical (unpaired) electrons. The van der Waals surface area contributed by atoms with Crippen LogP contribution in [-0.4, -0.2) is 34.9 Å². The molecule has 3 aromatic rings. The first kappa shape index (κ1) is 16.8. The van der Waals surface area contributed by atoms with Crippen LogP contribution in [0.25, 0.3) is 11.1 Å². The highest BCUT2D eigenvalue weighted by molar-refractivity contribution is 5.99. The summed E-state index contributed by atoms with van der Waals surface area (Å²) in [7, 11) is 3.39. The topological polar surface area (TPSA) is 67.5 Å². The molecule has 2 heterocycles. The van der Waals surface area contributed by atoms with Crippen LogP contribution in [0.3, 0.4) is 0 Å². The molecule has 0 atom stereocenters. The van der Waals surface area contributed by atoms with E-state index in [9.17, 15) is 14.0 Å². The van der Waals surface area contributed by atoms with Gasteiger partial charge in [-0.3, -0.25) is 9.59 Å². The standard InChI is InChI=1S/C18H18FN3O3/c1-21(11-12-3-5-13(19)6-4-12)17(23)10-20-18(24)15-9-16-14(22(15)2)7-8-25-16/h3-9H,10-11H2,1-2H3,(H,20,24). The maximum absolute atomic E-state index is 12.9. The van der Waals surface area contributed by atoms with Gasteiger partial charge < -0.3 is 19.2 Å². The Bertz CT molecular complexity index is 911. The third kappa shape index (κ3) is 3.55. The fourth-order valence-electron chi connectivity index (χ4n) is 2.60. The largest absolute Gasteiger partial charge is 0.463 e. The number of halogens is 1. The average molecular weight is 343 g/mol.